The molecule has 4 rings (SSSR count). The maximum Gasteiger partial charge on any atom is 0.115 e. The van der Waals surface area contributed by atoms with Crippen LogP contribution >= 0.6 is 0 Å². The molecule has 7 nitrogen and oxygen atoms in total. The van der Waals surface area contributed by atoms with Gasteiger partial charge in [0.2, 0.25) is 0 Å². The van der Waals surface area contributed by atoms with E-state index < -0.39 is 0 Å². The number of nitrogens with zero attached hydrogens (tertiary/aromatic N) is 7. The molecule has 0 bridgehead atoms. The van der Waals surface area contributed by atoms with Gasteiger partial charge in [0, 0.05) is 62.0 Å². The Bertz CT molecular complexity index is 435. The molecule has 0 aliphatic rings. The van der Waals surface area contributed by atoms with Crippen LogP contribution in [0.4, 0.5) is 0 Å². The SMILES string of the molecule is c1ccncc1.c1cnccn1.c1cncnc1.c1cncnc1. The van der Waals surface area contributed by atoms with E-state index >= 15 is 0 Å². The van der Waals surface area contributed by atoms with Crippen molar-refractivity contribution in [2.24, 2.45) is 0 Å². The first-order chi connectivity index (χ1) is 12.0. The summed E-state index contributed by atoms with van der Waals surface area (Å²) >= 11 is 0. The van der Waals surface area contributed by atoms with Crippen LogP contribution in [0.3, 0.4) is 0 Å². The Labute approximate surface area is 140 Å². The normalized spacial score (nSPS) is 8.00. The van der Waals surface area contributed by atoms with Gasteiger partial charge in [-0.25, -0.2) is 19.9 Å². The van der Waals surface area contributed by atoms with Crippen LogP contribution in [0.1, 0.15) is 0 Å². The van der Waals surface area contributed by atoms with Gasteiger partial charge in [0.05, 0.1) is 0 Å². The summed E-state index contributed by atoms with van der Waals surface area (Å²) in [5, 5.41) is 0. The van der Waals surface area contributed by atoms with E-state index in [0.717, 1.165) is 0 Å². The molecule has 4 aromatic rings. The Morgan fingerprint density at radius 3 is 0.708 bits per heavy atom. The van der Waals surface area contributed by atoms with E-state index in [1.165, 1.54) is 12.7 Å². The monoisotopic (exact) mass is 319 g/mol. The summed E-state index contributed by atoms with van der Waals surface area (Å²) in [6.07, 6.45) is 19.8. The van der Waals surface area contributed by atoms with Gasteiger partial charge in [-0.1, -0.05) is 6.07 Å². The van der Waals surface area contributed by atoms with Crippen LogP contribution in [0.15, 0.2) is 105 Å². The second-order valence-electron chi connectivity index (χ2n) is 3.73. The highest BCUT2D eigenvalue weighted by atomic mass is 14.8. The van der Waals surface area contributed by atoms with Crippen molar-refractivity contribution >= 4 is 0 Å². The van der Waals surface area contributed by atoms with E-state index in [2.05, 4.69) is 34.9 Å². The van der Waals surface area contributed by atoms with Crippen molar-refractivity contribution < 1.29 is 0 Å². The third-order valence-electron chi connectivity index (χ3n) is 2.00. The molecule has 0 unspecified atom stereocenters. The Hall–Kier alpha value is -3.61. The minimum absolute atomic E-state index is 1.50. The van der Waals surface area contributed by atoms with Gasteiger partial charge in [0.25, 0.3) is 0 Å². The van der Waals surface area contributed by atoms with Crippen LogP contribution in [0.25, 0.3) is 0 Å². The molecule has 4 aromatic heterocycles. The lowest BCUT2D eigenvalue weighted by Gasteiger charge is -1.70. The largest absolute Gasteiger partial charge is 0.265 e. The molecular weight excluding hydrogens is 302 g/mol. The molecule has 0 aliphatic heterocycles. The van der Waals surface area contributed by atoms with E-state index in [1.807, 2.05) is 18.2 Å². The lowest BCUT2D eigenvalue weighted by molar-refractivity contribution is 1.17. The summed E-state index contributed by atoms with van der Waals surface area (Å²) in [6, 6.07) is 9.27. The summed E-state index contributed by atoms with van der Waals surface area (Å²) < 4.78 is 0. The number of hydrogen-bond donors (Lipinski definition) is 0. The van der Waals surface area contributed by atoms with Gasteiger partial charge in [0.1, 0.15) is 12.7 Å². The zero-order valence-electron chi connectivity index (χ0n) is 12.9. The molecule has 0 aliphatic carbocycles. The number of pyridine rings is 1. The number of hydrogen-bond acceptors (Lipinski definition) is 7. The molecule has 0 N–H and O–H groups in total. The van der Waals surface area contributed by atoms with Gasteiger partial charge in [-0.2, -0.15) is 0 Å². The molecule has 120 valence electrons. The van der Waals surface area contributed by atoms with Crippen LogP contribution in [0.5, 0.6) is 0 Å². The summed E-state index contributed by atoms with van der Waals surface area (Å²) in [4.78, 5) is 25.9. The molecule has 0 fully saturated rings. The maximum atomic E-state index is 3.78. The van der Waals surface area contributed by atoms with Crippen LogP contribution in [-0.2, 0) is 0 Å². The molecule has 0 radical (unpaired) electrons. The third-order valence-corrected chi connectivity index (χ3v) is 2.00. The topological polar surface area (TPSA) is 90.2 Å². The molecule has 0 saturated heterocycles. The van der Waals surface area contributed by atoms with E-state index in [1.54, 1.807) is 74.1 Å². The van der Waals surface area contributed by atoms with Gasteiger partial charge < -0.3 is 0 Å². The highest BCUT2D eigenvalue weighted by Crippen LogP contribution is 1.73. The molecule has 4 heterocycles. The third kappa shape index (κ3) is 13.4. The quantitative estimate of drug-likeness (QED) is 0.492. The summed E-state index contributed by atoms with van der Waals surface area (Å²) in [5.74, 6) is 0. The smallest absolute Gasteiger partial charge is 0.115 e. The van der Waals surface area contributed by atoms with Crippen LogP contribution in [0.2, 0.25) is 0 Å². The van der Waals surface area contributed by atoms with Crippen molar-refractivity contribution in [2.75, 3.05) is 0 Å². The van der Waals surface area contributed by atoms with Crippen molar-refractivity contribution in [1.82, 2.24) is 34.9 Å². The van der Waals surface area contributed by atoms with Crippen LogP contribution in [0, 0.1) is 0 Å². The molecular formula is C17H17N7. The van der Waals surface area contributed by atoms with E-state index in [4.69, 9.17) is 0 Å². The molecule has 0 spiro atoms. The first kappa shape index (κ1) is 18.4. The number of aromatic nitrogens is 7. The molecule has 7 heteroatoms. The van der Waals surface area contributed by atoms with Crippen molar-refractivity contribution in [2.45, 2.75) is 0 Å². The minimum atomic E-state index is 1.50. The van der Waals surface area contributed by atoms with Crippen molar-refractivity contribution in [3.05, 3.63) is 105 Å². The van der Waals surface area contributed by atoms with Crippen LogP contribution < -0.4 is 0 Å². The van der Waals surface area contributed by atoms with Gasteiger partial charge in [0.15, 0.2) is 0 Å². The predicted octanol–water partition coefficient (Wildman–Crippen LogP) is 2.51. The molecule has 0 atom stereocenters. The number of rotatable bonds is 0. The lowest BCUT2D eigenvalue weighted by atomic mass is 10.5. The highest BCUT2D eigenvalue weighted by molar-refractivity contribution is 4.88. The van der Waals surface area contributed by atoms with E-state index in [0.29, 0.717) is 0 Å². The van der Waals surface area contributed by atoms with Gasteiger partial charge >= 0.3 is 0 Å². The maximum absolute atomic E-state index is 3.78. The molecule has 24 heavy (non-hydrogen) atoms. The van der Waals surface area contributed by atoms with Crippen molar-refractivity contribution in [3.8, 4) is 0 Å². The fourth-order valence-electron chi connectivity index (χ4n) is 1.07. The Kier molecular flexibility index (Phi) is 12.1. The summed E-state index contributed by atoms with van der Waals surface area (Å²) in [7, 11) is 0. The molecule has 0 aromatic carbocycles. The van der Waals surface area contributed by atoms with Crippen molar-refractivity contribution in [3.63, 3.8) is 0 Å². The summed E-state index contributed by atoms with van der Waals surface area (Å²) in [6.45, 7) is 0. The van der Waals surface area contributed by atoms with Gasteiger partial charge in [-0.15, -0.1) is 0 Å². The summed E-state index contributed by atoms with van der Waals surface area (Å²) in [5.41, 5.74) is 0. The van der Waals surface area contributed by atoms with E-state index in [9.17, 15) is 0 Å². The first-order valence-electron chi connectivity index (χ1n) is 6.95. The first-order valence-corrected chi connectivity index (χ1v) is 6.95. The Balaban J connectivity index is 0.000000160. The standard InChI is InChI=1S/C5H5N.3C4H4N2/c1-2-4-6-5-3-1;1-2-6-4-3-5-1;2*1-2-5-4-6-3-1/h1-5H;3*1-4H. The average molecular weight is 319 g/mol. The average Bonchev–Trinajstić information content (AvgIpc) is 2.75. The molecule has 0 saturated carbocycles. The highest BCUT2D eigenvalue weighted by Gasteiger charge is 1.60. The second-order valence-corrected chi connectivity index (χ2v) is 3.73. The fourth-order valence-corrected chi connectivity index (χ4v) is 1.07. The predicted molar refractivity (Wildman–Crippen MR) is 90.3 cm³/mol. The zero-order chi connectivity index (χ0) is 17.0. The second kappa shape index (κ2) is 15.8. The fraction of sp³-hybridized carbons (Fsp3) is 0. The Morgan fingerprint density at radius 2 is 0.583 bits per heavy atom. The Morgan fingerprint density at radius 1 is 0.250 bits per heavy atom. The minimum Gasteiger partial charge on any atom is -0.265 e. The molecule has 0 amide bonds. The lowest BCUT2D eigenvalue weighted by Crippen LogP contribution is -1.66. The van der Waals surface area contributed by atoms with E-state index in [-0.39, 0.29) is 0 Å². The van der Waals surface area contributed by atoms with Crippen molar-refractivity contribution in [1.29, 1.82) is 0 Å². The van der Waals surface area contributed by atoms with Gasteiger partial charge in [-0.05, 0) is 24.3 Å². The van der Waals surface area contributed by atoms with Crippen LogP contribution in [-0.4, -0.2) is 34.9 Å². The van der Waals surface area contributed by atoms with Gasteiger partial charge in [-0.3, -0.25) is 15.0 Å². The zero-order valence-corrected chi connectivity index (χ0v) is 12.9.